The van der Waals surface area contributed by atoms with E-state index in [4.69, 9.17) is 9.47 Å². The van der Waals surface area contributed by atoms with Crippen molar-refractivity contribution in [2.24, 2.45) is 5.92 Å². The van der Waals surface area contributed by atoms with Crippen LogP contribution in [0.3, 0.4) is 0 Å². The molecule has 3 nitrogen and oxygen atoms in total. The van der Waals surface area contributed by atoms with Gasteiger partial charge >= 0.3 is 0 Å². The molecule has 0 heterocycles. The van der Waals surface area contributed by atoms with Crippen LogP contribution in [0, 0.1) is 5.92 Å². The topological polar surface area (TPSA) is 30.5 Å². The zero-order valence-corrected chi connectivity index (χ0v) is 11.7. The number of nitrogens with one attached hydrogen (secondary N) is 1. The van der Waals surface area contributed by atoms with E-state index in [-0.39, 0.29) is 0 Å². The van der Waals surface area contributed by atoms with Gasteiger partial charge in [0.15, 0.2) is 0 Å². The maximum Gasteiger partial charge on any atom is 0.0576 e. The molecule has 3 heteroatoms. The normalized spacial score (nSPS) is 25.4. The van der Waals surface area contributed by atoms with Gasteiger partial charge in [-0.05, 0) is 44.6 Å². The highest BCUT2D eigenvalue weighted by atomic mass is 16.5. The minimum Gasteiger partial charge on any atom is -0.385 e. The van der Waals surface area contributed by atoms with E-state index >= 15 is 0 Å². The molecule has 0 aromatic carbocycles. The molecule has 1 rings (SSSR count). The molecular weight excluding hydrogens is 214 g/mol. The van der Waals surface area contributed by atoms with E-state index in [2.05, 4.69) is 19.2 Å². The fourth-order valence-electron chi connectivity index (χ4n) is 2.29. The van der Waals surface area contributed by atoms with Crippen molar-refractivity contribution < 1.29 is 9.47 Å². The van der Waals surface area contributed by atoms with Gasteiger partial charge in [-0.3, -0.25) is 0 Å². The van der Waals surface area contributed by atoms with Crippen LogP contribution >= 0.6 is 0 Å². The first-order valence-electron chi connectivity index (χ1n) is 7.06. The zero-order valence-electron chi connectivity index (χ0n) is 11.7. The molecule has 17 heavy (non-hydrogen) atoms. The Balaban J connectivity index is 2.01. The van der Waals surface area contributed by atoms with Crippen molar-refractivity contribution in [3.05, 3.63) is 0 Å². The van der Waals surface area contributed by atoms with E-state index < -0.39 is 0 Å². The molecule has 0 amide bonds. The van der Waals surface area contributed by atoms with E-state index in [1.165, 1.54) is 25.7 Å². The Morgan fingerprint density at radius 3 is 2.41 bits per heavy atom. The summed E-state index contributed by atoms with van der Waals surface area (Å²) in [6, 6.07) is 0.719. The van der Waals surface area contributed by atoms with Crippen LogP contribution in [0.4, 0.5) is 0 Å². The molecule has 102 valence electrons. The first kappa shape index (κ1) is 14.9. The van der Waals surface area contributed by atoms with Gasteiger partial charge in [0.05, 0.1) is 6.10 Å². The fourth-order valence-corrected chi connectivity index (χ4v) is 2.29. The minimum absolute atomic E-state index is 0.490. The van der Waals surface area contributed by atoms with Gasteiger partial charge in [0.1, 0.15) is 0 Å². The molecule has 0 spiro atoms. The van der Waals surface area contributed by atoms with Gasteiger partial charge in [0.25, 0.3) is 0 Å². The van der Waals surface area contributed by atoms with E-state index in [1.54, 1.807) is 7.11 Å². The molecule has 0 aromatic rings. The van der Waals surface area contributed by atoms with Crippen molar-refractivity contribution in [3.8, 4) is 0 Å². The molecule has 0 bridgehead atoms. The molecule has 1 aliphatic carbocycles. The lowest BCUT2D eigenvalue weighted by Crippen LogP contribution is -2.37. The maximum atomic E-state index is 5.85. The number of ether oxygens (including phenoxy) is 2. The smallest absolute Gasteiger partial charge is 0.0576 e. The van der Waals surface area contributed by atoms with E-state index in [1.807, 2.05) is 0 Å². The highest BCUT2D eigenvalue weighted by Gasteiger charge is 2.21. The average Bonchev–Trinajstić information content (AvgIpc) is 2.33. The molecule has 0 aromatic heterocycles. The highest BCUT2D eigenvalue weighted by Crippen LogP contribution is 2.21. The maximum absolute atomic E-state index is 5.85. The SMILES string of the molecule is COCCCOC1CCC(NCC(C)C)CC1. The summed E-state index contributed by atoms with van der Waals surface area (Å²) in [5.41, 5.74) is 0. The van der Waals surface area contributed by atoms with Crippen LogP contribution in [0.5, 0.6) is 0 Å². The average molecular weight is 243 g/mol. The second kappa shape index (κ2) is 8.90. The Kier molecular flexibility index (Phi) is 7.82. The lowest BCUT2D eigenvalue weighted by atomic mass is 9.92. The van der Waals surface area contributed by atoms with Crippen LogP contribution in [-0.2, 0) is 9.47 Å². The minimum atomic E-state index is 0.490. The van der Waals surface area contributed by atoms with Crippen LogP contribution in [0.25, 0.3) is 0 Å². The molecule has 0 unspecified atom stereocenters. The van der Waals surface area contributed by atoms with Crippen molar-refractivity contribution in [3.63, 3.8) is 0 Å². The third-order valence-corrected chi connectivity index (χ3v) is 3.34. The van der Waals surface area contributed by atoms with Crippen LogP contribution in [0.2, 0.25) is 0 Å². The molecule has 1 N–H and O–H groups in total. The third kappa shape index (κ3) is 7.02. The Labute approximate surface area is 106 Å². The number of rotatable bonds is 8. The lowest BCUT2D eigenvalue weighted by Gasteiger charge is -2.29. The van der Waals surface area contributed by atoms with Gasteiger partial charge in [-0.2, -0.15) is 0 Å². The summed E-state index contributed by atoms with van der Waals surface area (Å²) >= 11 is 0. The summed E-state index contributed by atoms with van der Waals surface area (Å²) < 4.78 is 10.9. The van der Waals surface area contributed by atoms with Gasteiger partial charge in [0.2, 0.25) is 0 Å². The Morgan fingerprint density at radius 2 is 1.82 bits per heavy atom. The largest absolute Gasteiger partial charge is 0.385 e. The summed E-state index contributed by atoms with van der Waals surface area (Å²) in [5, 5.41) is 3.64. The first-order chi connectivity index (χ1) is 8.22. The van der Waals surface area contributed by atoms with E-state index in [0.717, 1.165) is 38.1 Å². The molecule has 1 aliphatic rings. The quantitative estimate of drug-likeness (QED) is 0.665. The number of hydrogen-bond acceptors (Lipinski definition) is 3. The van der Waals surface area contributed by atoms with Crippen molar-refractivity contribution in [1.82, 2.24) is 5.32 Å². The third-order valence-electron chi connectivity index (χ3n) is 3.34. The Morgan fingerprint density at radius 1 is 1.12 bits per heavy atom. The molecular formula is C14H29NO2. The molecule has 0 aliphatic heterocycles. The predicted octanol–water partition coefficient (Wildman–Crippen LogP) is 2.60. The Hall–Kier alpha value is -0.120. The number of methoxy groups -OCH3 is 1. The lowest BCUT2D eigenvalue weighted by molar-refractivity contribution is 0.0129. The second-order valence-electron chi connectivity index (χ2n) is 5.49. The van der Waals surface area contributed by atoms with Gasteiger partial charge in [0, 0.05) is 26.4 Å². The van der Waals surface area contributed by atoms with Gasteiger partial charge < -0.3 is 14.8 Å². The van der Waals surface area contributed by atoms with Crippen LogP contribution in [0.1, 0.15) is 46.0 Å². The highest BCUT2D eigenvalue weighted by molar-refractivity contribution is 4.77. The fraction of sp³-hybridized carbons (Fsp3) is 1.00. The van der Waals surface area contributed by atoms with E-state index in [0.29, 0.717) is 6.10 Å². The Bertz CT molecular complexity index is 177. The van der Waals surface area contributed by atoms with Crippen LogP contribution in [-0.4, -0.2) is 39.0 Å². The second-order valence-corrected chi connectivity index (χ2v) is 5.49. The van der Waals surface area contributed by atoms with Crippen molar-refractivity contribution in [2.45, 2.75) is 58.1 Å². The standard InChI is InChI=1S/C14H29NO2/c1-12(2)11-15-13-5-7-14(8-6-13)17-10-4-9-16-3/h12-15H,4-11H2,1-3H3. The molecule has 0 saturated heterocycles. The summed E-state index contributed by atoms with van der Waals surface area (Å²) in [5.74, 6) is 0.748. The van der Waals surface area contributed by atoms with Crippen molar-refractivity contribution >= 4 is 0 Å². The van der Waals surface area contributed by atoms with Crippen LogP contribution in [0.15, 0.2) is 0 Å². The van der Waals surface area contributed by atoms with Crippen molar-refractivity contribution in [2.75, 3.05) is 26.9 Å². The van der Waals surface area contributed by atoms with Crippen LogP contribution < -0.4 is 5.32 Å². The summed E-state index contributed by atoms with van der Waals surface area (Å²) in [6.07, 6.45) is 6.46. The predicted molar refractivity (Wildman–Crippen MR) is 71.3 cm³/mol. The first-order valence-corrected chi connectivity index (χ1v) is 7.06. The molecule has 0 radical (unpaired) electrons. The van der Waals surface area contributed by atoms with Gasteiger partial charge in [-0.25, -0.2) is 0 Å². The van der Waals surface area contributed by atoms with E-state index in [9.17, 15) is 0 Å². The van der Waals surface area contributed by atoms with Crippen molar-refractivity contribution in [1.29, 1.82) is 0 Å². The monoisotopic (exact) mass is 243 g/mol. The van der Waals surface area contributed by atoms with Gasteiger partial charge in [-0.15, -0.1) is 0 Å². The zero-order chi connectivity index (χ0) is 12.5. The molecule has 1 saturated carbocycles. The molecule has 0 atom stereocenters. The molecule has 1 fully saturated rings. The number of hydrogen-bond donors (Lipinski definition) is 1. The summed E-state index contributed by atoms with van der Waals surface area (Å²) in [4.78, 5) is 0. The van der Waals surface area contributed by atoms with Gasteiger partial charge in [-0.1, -0.05) is 13.8 Å². The summed E-state index contributed by atoms with van der Waals surface area (Å²) in [7, 11) is 1.74. The summed E-state index contributed by atoms with van der Waals surface area (Å²) in [6.45, 7) is 7.33.